The number of carbonyl (C=O) groups is 2. The van der Waals surface area contributed by atoms with E-state index in [-0.39, 0.29) is 46.2 Å². The molecule has 0 aliphatic heterocycles. The number of benzene rings is 2. The molecule has 0 spiro atoms. The molecule has 43 heavy (non-hydrogen) atoms. The number of nitrogens with zero attached hydrogens (tertiary/aromatic N) is 3. The van der Waals surface area contributed by atoms with Crippen LogP contribution in [-0.4, -0.2) is 51.0 Å². The lowest BCUT2D eigenvalue weighted by Gasteiger charge is -2.31. The summed E-state index contributed by atoms with van der Waals surface area (Å²) in [5, 5.41) is 17.5. The molecule has 5 rings (SSSR count). The molecule has 2 aromatic heterocycles. The summed E-state index contributed by atoms with van der Waals surface area (Å²) < 4.78 is 79.2. The summed E-state index contributed by atoms with van der Waals surface area (Å²) in [6.45, 7) is 0.202. The van der Waals surface area contributed by atoms with Gasteiger partial charge in [0.15, 0.2) is 0 Å². The predicted octanol–water partition coefficient (Wildman–Crippen LogP) is 4.32. The molecule has 1 atom stereocenters. The maximum atomic E-state index is 14.8. The van der Waals surface area contributed by atoms with E-state index >= 15 is 0 Å². The number of aromatic nitrogens is 3. The van der Waals surface area contributed by atoms with E-state index < -0.39 is 53.9 Å². The maximum absolute atomic E-state index is 14.8. The zero-order valence-corrected chi connectivity index (χ0v) is 22.7. The van der Waals surface area contributed by atoms with Crippen LogP contribution in [0.2, 0.25) is 0 Å². The number of hydrogen-bond donors (Lipinski definition) is 3. The number of nitrogens with one attached hydrogen (secondary N) is 1. The van der Waals surface area contributed by atoms with Crippen LogP contribution in [0.15, 0.2) is 48.7 Å². The number of carbonyl (C=O) groups excluding carboxylic acids is 2. The standard InChI is InChI=1S/C29H26F5N5O4/c1-2-43-26-16(12-24(35)40)11-23(38-25(26)15-3-5-18(30)6-4-15)28(42,29(32,33)34)14-36-27(41)17-9-21(31)20-13-37-39(19-7-8-19)22(20)10-17/h3-6,9-11,13,19,42H,2,7-8,12,14H2,1H3,(H2,35,40)(H,36,41)/t28-/m0/s1. The lowest BCUT2D eigenvalue weighted by Crippen LogP contribution is -2.51. The van der Waals surface area contributed by atoms with Gasteiger partial charge < -0.3 is 20.9 Å². The second-order valence-corrected chi connectivity index (χ2v) is 10.2. The first-order chi connectivity index (χ1) is 20.3. The Morgan fingerprint density at radius 1 is 1.14 bits per heavy atom. The predicted molar refractivity (Wildman–Crippen MR) is 144 cm³/mol. The number of ether oxygens (including phenoxy) is 1. The van der Waals surface area contributed by atoms with Crippen LogP contribution in [0.5, 0.6) is 5.75 Å². The Morgan fingerprint density at radius 2 is 1.84 bits per heavy atom. The molecular weight excluding hydrogens is 577 g/mol. The van der Waals surface area contributed by atoms with E-state index in [1.165, 1.54) is 24.4 Å². The number of pyridine rings is 1. The van der Waals surface area contributed by atoms with Gasteiger partial charge in [-0.15, -0.1) is 0 Å². The van der Waals surface area contributed by atoms with E-state index in [2.05, 4.69) is 10.1 Å². The number of aliphatic hydroxyl groups is 1. The van der Waals surface area contributed by atoms with Crippen molar-refractivity contribution in [3.8, 4) is 17.0 Å². The molecule has 2 aromatic carbocycles. The number of halogens is 5. The molecule has 0 bridgehead atoms. The summed E-state index contributed by atoms with van der Waals surface area (Å²) in [5.74, 6) is -3.49. The van der Waals surface area contributed by atoms with Crippen molar-refractivity contribution >= 4 is 22.7 Å². The van der Waals surface area contributed by atoms with Crippen molar-refractivity contribution < 1.29 is 41.4 Å². The molecule has 1 fully saturated rings. The maximum Gasteiger partial charge on any atom is 0.424 e. The molecule has 0 saturated heterocycles. The highest BCUT2D eigenvalue weighted by Crippen LogP contribution is 2.42. The second-order valence-electron chi connectivity index (χ2n) is 10.2. The van der Waals surface area contributed by atoms with E-state index in [1.807, 2.05) is 5.32 Å². The van der Waals surface area contributed by atoms with Crippen molar-refractivity contribution in [3.63, 3.8) is 0 Å². The van der Waals surface area contributed by atoms with Crippen molar-refractivity contribution in [2.45, 2.75) is 44.0 Å². The number of nitrogens with two attached hydrogens (primary N) is 1. The Hall–Kier alpha value is -4.59. The summed E-state index contributed by atoms with van der Waals surface area (Å²) in [7, 11) is 0. The van der Waals surface area contributed by atoms with Gasteiger partial charge >= 0.3 is 6.18 Å². The van der Waals surface area contributed by atoms with E-state index in [1.54, 1.807) is 11.6 Å². The minimum atomic E-state index is -5.40. The van der Waals surface area contributed by atoms with Crippen molar-refractivity contribution in [1.82, 2.24) is 20.1 Å². The Kier molecular flexibility index (Phi) is 7.82. The topological polar surface area (TPSA) is 132 Å². The molecule has 14 heteroatoms. The van der Waals surface area contributed by atoms with Gasteiger partial charge in [0.05, 0.1) is 48.4 Å². The van der Waals surface area contributed by atoms with Crippen LogP contribution in [0, 0.1) is 11.6 Å². The van der Waals surface area contributed by atoms with Crippen LogP contribution < -0.4 is 15.8 Å². The lowest BCUT2D eigenvalue weighted by atomic mass is 9.93. The van der Waals surface area contributed by atoms with Gasteiger partial charge in [0.25, 0.3) is 5.91 Å². The number of fused-ring (bicyclic) bond motifs is 1. The molecule has 0 radical (unpaired) electrons. The second kappa shape index (κ2) is 11.2. The molecule has 1 aliphatic carbocycles. The summed E-state index contributed by atoms with van der Waals surface area (Å²) in [6.07, 6.45) is -3.02. The van der Waals surface area contributed by atoms with Gasteiger partial charge in [-0.2, -0.15) is 18.3 Å². The fourth-order valence-electron chi connectivity index (χ4n) is 4.72. The molecule has 226 valence electrons. The highest BCUT2D eigenvalue weighted by atomic mass is 19.4. The largest absolute Gasteiger partial charge is 0.491 e. The molecule has 9 nitrogen and oxygen atoms in total. The van der Waals surface area contributed by atoms with Crippen molar-refractivity contribution in [2.24, 2.45) is 5.73 Å². The van der Waals surface area contributed by atoms with Gasteiger partial charge in [0, 0.05) is 16.7 Å². The number of rotatable bonds is 10. The van der Waals surface area contributed by atoms with Crippen molar-refractivity contribution in [1.29, 1.82) is 0 Å². The summed E-state index contributed by atoms with van der Waals surface area (Å²) >= 11 is 0. The van der Waals surface area contributed by atoms with E-state index in [4.69, 9.17) is 10.5 Å². The van der Waals surface area contributed by atoms with Gasteiger partial charge in [-0.3, -0.25) is 14.3 Å². The smallest absolute Gasteiger partial charge is 0.424 e. The third-order valence-corrected chi connectivity index (χ3v) is 7.04. The number of hydrogen-bond acceptors (Lipinski definition) is 6. The van der Waals surface area contributed by atoms with Gasteiger partial charge in [0.2, 0.25) is 11.5 Å². The Bertz CT molecular complexity index is 1700. The molecule has 2 heterocycles. The van der Waals surface area contributed by atoms with Gasteiger partial charge in [-0.05, 0) is 62.2 Å². The summed E-state index contributed by atoms with van der Waals surface area (Å²) in [5.41, 5.74) is 0.401. The highest BCUT2D eigenvalue weighted by molar-refractivity contribution is 5.98. The van der Waals surface area contributed by atoms with Crippen molar-refractivity contribution in [2.75, 3.05) is 13.2 Å². The first kappa shape index (κ1) is 29.9. The number of alkyl halides is 3. The van der Waals surface area contributed by atoms with Crippen LogP contribution in [0.3, 0.4) is 0 Å². The van der Waals surface area contributed by atoms with Crippen LogP contribution in [0.4, 0.5) is 22.0 Å². The lowest BCUT2D eigenvalue weighted by molar-refractivity contribution is -0.265. The zero-order valence-electron chi connectivity index (χ0n) is 22.7. The summed E-state index contributed by atoms with van der Waals surface area (Å²) in [6, 6.07) is 7.63. The molecule has 0 unspecified atom stereocenters. The fraction of sp³-hybridized carbons (Fsp3) is 0.310. The van der Waals surface area contributed by atoms with Gasteiger partial charge in [-0.25, -0.2) is 13.8 Å². The fourth-order valence-corrected chi connectivity index (χ4v) is 4.72. The number of amides is 2. The zero-order chi connectivity index (χ0) is 31.1. The molecule has 4 aromatic rings. The average molecular weight is 604 g/mol. The molecule has 1 saturated carbocycles. The van der Waals surface area contributed by atoms with E-state index in [0.29, 0.717) is 5.52 Å². The average Bonchev–Trinajstić information content (AvgIpc) is 3.70. The first-order valence-corrected chi connectivity index (χ1v) is 13.3. The first-order valence-electron chi connectivity index (χ1n) is 13.3. The van der Waals surface area contributed by atoms with E-state index in [9.17, 15) is 36.6 Å². The number of primary amides is 1. The SMILES string of the molecule is CCOc1c(CC(N)=O)cc([C@@](O)(CNC(=O)c2cc(F)c3cnn(C4CC4)c3c2)C(F)(F)F)nc1-c1ccc(F)cc1. The van der Waals surface area contributed by atoms with Crippen LogP contribution in [-0.2, 0) is 16.8 Å². The minimum Gasteiger partial charge on any atom is -0.491 e. The Balaban J connectivity index is 1.55. The summed E-state index contributed by atoms with van der Waals surface area (Å²) in [4.78, 5) is 28.9. The van der Waals surface area contributed by atoms with Crippen LogP contribution in [0.25, 0.3) is 22.2 Å². The highest BCUT2D eigenvalue weighted by Gasteiger charge is 2.56. The van der Waals surface area contributed by atoms with Gasteiger partial charge in [-0.1, -0.05) is 0 Å². The Labute approximate surface area is 241 Å². The quantitative estimate of drug-likeness (QED) is 0.232. The van der Waals surface area contributed by atoms with E-state index in [0.717, 1.165) is 37.1 Å². The third kappa shape index (κ3) is 5.87. The van der Waals surface area contributed by atoms with Crippen LogP contribution >= 0.6 is 0 Å². The Morgan fingerprint density at radius 3 is 2.44 bits per heavy atom. The van der Waals surface area contributed by atoms with Gasteiger partial charge in [0.1, 0.15) is 23.1 Å². The minimum absolute atomic E-state index is 0.0289. The molecule has 2 amide bonds. The van der Waals surface area contributed by atoms with Crippen molar-refractivity contribution in [3.05, 3.63) is 77.1 Å². The van der Waals surface area contributed by atoms with Crippen LogP contribution in [0.1, 0.15) is 47.4 Å². The molecule has 1 aliphatic rings. The normalized spacial score (nSPS) is 14.9. The molecule has 4 N–H and O–H groups in total. The molecular formula is C29H26F5N5O4. The monoisotopic (exact) mass is 603 g/mol. The third-order valence-electron chi connectivity index (χ3n) is 7.04.